The molecule has 0 aliphatic carbocycles. The summed E-state index contributed by atoms with van der Waals surface area (Å²) >= 11 is 0. The predicted molar refractivity (Wildman–Crippen MR) is 91.8 cm³/mol. The Balaban J connectivity index is 2.39. The first-order valence-electron chi connectivity index (χ1n) is 7.67. The minimum Gasteiger partial charge on any atom is -0.493 e. The standard InChI is InChI=1S/C16H26N2O5S/c1-18(16(19)11-14(12-17)22-2)8-5-9-23-13-6-4-7-15(10-13)24(3,20)21/h4,6-7,10,14H,5,8-9,11-12,17H2,1-3H3. The second kappa shape index (κ2) is 9.61. The number of hydrogen-bond donors (Lipinski definition) is 1. The van der Waals surface area contributed by atoms with E-state index in [-0.39, 0.29) is 23.3 Å². The monoisotopic (exact) mass is 358 g/mol. The van der Waals surface area contributed by atoms with E-state index in [0.717, 1.165) is 6.26 Å². The van der Waals surface area contributed by atoms with Gasteiger partial charge >= 0.3 is 0 Å². The highest BCUT2D eigenvalue weighted by Crippen LogP contribution is 2.17. The minimum atomic E-state index is -3.25. The number of ether oxygens (including phenoxy) is 2. The topological polar surface area (TPSA) is 98.9 Å². The lowest BCUT2D eigenvalue weighted by Crippen LogP contribution is -2.34. The molecular weight excluding hydrogens is 332 g/mol. The number of methoxy groups -OCH3 is 1. The predicted octanol–water partition coefficient (Wildman–Crippen LogP) is 0.681. The van der Waals surface area contributed by atoms with E-state index in [1.807, 2.05) is 0 Å². The second-order valence-corrected chi connectivity index (χ2v) is 7.58. The first kappa shape index (κ1) is 20.4. The summed E-state index contributed by atoms with van der Waals surface area (Å²) < 4.78 is 33.6. The fourth-order valence-electron chi connectivity index (χ4n) is 2.02. The molecule has 0 spiro atoms. The maximum absolute atomic E-state index is 12.0. The Labute approximate surface area is 143 Å². The Morgan fingerprint density at radius 1 is 1.38 bits per heavy atom. The van der Waals surface area contributed by atoms with Gasteiger partial charge in [0.05, 0.1) is 24.0 Å². The number of carbonyl (C=O) groups excluding carboxylic acids is 1. The third kappa shape index (κ3) is 6.86. The summed E-state index contributed by atoms with van der Waals surface area (Å²) in [5, 5.41) is 0. The molecule has 1 aromatic carbocycles. The lowest BCUT2D eigenvalue weighted by Gasteiger charge is -2.20. The van der Waals surface area contributed by atoms with Crippen LogP contribution in [0.2, 0.25) is 0 Å². The fourth-order valence-corrected chi connectivity index (χ4v) is 2.68. The number of nitrogens with two attached hydrogens (primary N) is 1. The van der Waals surface area contributed by atoms with Crippen molar-refractivity contribution in [2.24, 2.45) is 5.73 Å². The van der Waals surface area contributed by atoms with E-state index >= 15 is 0 Å². The lowest BCUT2D eigenvalue weighted by atomic mass is 10.2. The molecule has 0 aliphatic heterocycles. The van der Waals surface area contributed by atoms with Crippen LogP contribution in [0.1, 0.15) is 12.8 Å². The van der Waals surface area contributed by atoms with Crippen molar-refractivity contribution in [2.75, 3.05) is 40.1 Å². The highest BCUT2D eigenvalue weighted by molar-refractivity contribution is 7.90. The number of sulfone groups is 1. The number of benzene rings is 1. The molecule has 0 radical (unpaired) electrons. The molecule has 0 aromatic heterocycles. The summed E-state index contributed by atoms with van der Waals surface area (Å²) in [6, 6.07) is 6.36. The summed E-state index contributed by atoms with van der Waals surface area (Å²) in [5.41, 5.74) is 5.50. The molecule has 1 rings (SSSR count). The molecule has 136 valence electrons. The van der Waals surface area contributed by atoms with Gasteiger partial charge in [-0.1, -0.05) is 6.07 Å². The zero-order chi connectivity index (χ0) is 18.2. The van der Waals surface area contributed by atoms with Gasteiger partial charge in [0.25, 0.3) is 0 Å². The van der Waals surface area contributed by atoms with Crippen LogP contribution in [0.15, 0.2) is 29.2 Å². The SMILES string of the molecule is COC(CN)CC(=O)N(C)CCCOc1cccc(S(C)(=O)=O)c1. The van der Waals surface area contributed by atoms with Crippen molar-refractivity contribution in [1.82, 2.24) is 4.90 Å². The quantitative estimate of drug-likeness (QED) is 0.618. The van der Waals surface area contributed by atoms with Crippen LogP contribution in [-0.4, -0.2) is 65.4 Å². The van der Waals surface area contributed by atoms with Gasteiger partial charge < -0.3 is 20.1 Å². The molecule has 1 aromatic rings. The number of amides is 1. The van der Waals surface area contributed by atoms with Crippen molar-refractivity contribution >= 4 is 15.7 Å². The maximum Gasteiger partial charge on any atom is 0.224 e. The van der Waals surface area contributed by atoms with Crippen LogP contribution in [0, 0.1) is 0 Å². The van der Waals surface area contributed by atoms with Gasteiger partial charge in [0.1, 0.15) is 5.75 Å². The summed E-state index contributed by atoms with van der Waals surface area (Å²) in [5.74, 6) is 0.459. The molecule has 0 bridgehead atoms. The van der Waals surface area contributed by atoms with Crippen LogP contribution in [0.5, 0.6) is 5.75 Å². The summed E-state index contributed by atoms with van der Waals surface area (Å²) in [4.78, 5) is 13.8. The van der Waals surface area contributed by atoms with E-state index in [1.54, 1.807) is 24.1 Å². The Morgan fingerprint density at radius 2 is 2.08 bits per heavy atom. The molecule has 0 heterocycles. The van der Waals surface area contributed by atoms with Crippen molar-refractivity contribution in [1.29, 1.82) is 0 Å². The fraction of sp³-hybridized carbons (Fsp3) is 0.562. The molecule has 7 nitrogen and oxygen atoms in total. The van der Waals surface area contributed by atoms with Gasteiger partial charge in [-0.05, 0) is 24.6 Å². The van der Waals surface area contributed by atoms with Gasteiger partial charge in [0.15, 0.2) is 9.84 Å². The molecule has 1 unspecified atom stereocenters. The number of rotatable bonds is 10. The van der Waals surface area contributed by atoms with Crippen LogP contribution < -0.4 is 10.5 Å². The van der Waals surface area contributed by atoms with Crippen LogP contribution >= 0.6 is 0 Å². The molecule has 1 amide bonds. The zero-order valence-corrected chi connectivity index (χ0v) is 15.2. The highest BCUT2D eigenvalue weighted by Gasteiger charge is 2.15. The molecule has 0 fully saturated rings. The van der Waals surface area contributed by atoms with Gasteiger partial charge in [-0.25, -0.2) is 8.42 Å². The number of nitrogens with zero attached hydrogens (tertiary/aromatic N) is 1. The number of carbonyl (C=O) groups is 1. The third-order valence-electron chi connectivity index (χ3n) is 3.56. The first-order chi connectivity index (χ1) is 11.3. The molecule has 0 aliphatic rings. The van der Waals surface area contributed by atoms with E-state index < -0.39 is 9.84 Å². The molecule has 0 saturated heterocycles. The van der Waals surface area contributed by atoms with Crippen LogP contribution in [0.25, 0.3) is 0 Å². The van der Waals surface area contributed by atoms with Crippen molar-refractivity contribution in [3.8, 4) is 5.75 Å². The van der Waals surface area contributed by atoms with Gasteiger partial charge in [0, 0.05) is 33.5 Å². The average Bonchev–Trinajstić information content (AvgIpc) is 2.55. The Kier molecular flexibility index (Phi) is 8.17. The van der Waals surface area contributed by atoms with Crippen molar-refractivity contribution in [3.05, 3.63) is 24.3 Å². The normalized spacial score (nSPS) is 12.7. The van der Waals surface area contributed by atoms with E-state index in [9.17, 15) is 13.2 Å². The van der Waals surface area contributed by atoms with E-state index in [0.29, 0.717) is 31.9 Å². The zero-order valence-electron chi connectivity index (χ0n) is 14.4. The summed E-state index contributed by atoms with van der Waals surface area (Å²) in [7, 11) is -0.00312. The largest absolute Gasteiger partial charge is 0.493 e. The molecule has 8 heteroatoms. The summed E-state index contributed by atoms with van der Waals surface area (Å²) in [6.45, 7) is 1.22. The molecule has 24 heavy (non-hydrogen) atoms. The maximum atomic E-state index is 12.0. The molecular formula is C16H26N2O5S. The smallest absolute Gasteiger partial charge is 0.224 e. The molecule has 0 saturated carbocycles. The Bertz CT molecular complexity index is 629. The lowest BCUT2D eigenvalue weighted by molar-refractivity contribution is -0.132. The minimum absolute atomic E-state index is 0.0358. The van der Waals surface area contributed by atoms with Gasteiger partial charge in [-0.15, -0.1) is 0 Å². The summed E-state index contributed by atoms with van der Waals surface area (Å²) in [6.07, 6.45) is 1.77. The van der Waals surface area contributed by atoms with E-state index in [1.165, 1.54) is 19.2 Å². The van der Waals surface area contributed by atoms with Crippen molar-refractivity contribution in [3.63, 3.8) is 0 Å². The third-order valence-corrected chi connectivity index (χ3v) is 4.67. The van der Waals surface area contributed by atoms with Crippen molar-refractivity contribution in [2.45, 2.75) is 23.8 Å². The van der Waals surface area contributed by atoms with E-state index in [2.05, 4.69) is 0 Å². The van der Waals surface area contributed by atoms with Gasteiger partial charge in [-0.3, -0.25) is 4.79 Å². The highest BCUT2D eigenvalue weighted by atomic mass is 32.2. The van der Waals surface area contributed by atoms with Gasteiger partial charge in [0.2, 0.25) is 5.91 Å². The first-order valence-corrected chi connectivity index (χ1v) is 9.56. The Morgan fingerprint density at radius 3 is 2.67 bits per heavy atom. The van der Waals surface area contributed by atoms with Crippen LogP contribution in [-0.2, 0) is 19.4 Å². The van der Waals surface area contributed by atoms with Gasteiger partial charge in [-0.2, -0.15) is 0 Å². The van der Waals surface area contributed by atoms with Crippen molar-refractivity contribution < 1.29 is 22.7 Å². The molecule has 1 atom stereocenters. The molecule has 2 N–H and O–H groups in total. The number of hydrogen-bond acceptors (Lipinski definition) is 6. The average molecular weight is 358 g/mol. The Hall–Kier alpha value is -1.64. The second-order valence-electron chi connectivity index (χ2n) is 5.56. The van der Waals surface area contributed by atoms with E-state index in [4.69, 9.17) is 15.2 Å². The van der Waals surface area contributed by atoms with Crippen LogP contribution in [0.3, 0.4) is 0 Å². The van der Waals surface area contributed by atoms with Crippen LogP contribution in [0.4, 0.5) is 0 Å².